The van der Waals surface area contributed by atoms with Crippen LogP contribution in [0.25, 0.3) is 0 Å². The van der Waals surface area contributed by atoms with Gasteiger partial charge in [0.1, 0.15) is 0 Å². The number of carbonyl (C=O) groups excluding carboxylic acids is 1. The van der Waals surface area contributed by atoms with Crippen molar-refractivity contribution in [3.8, 4) is 0 Å². The van der Waals surface area contributed by atoms with Gasteiger partial charge < -0.3 is 10.1 Å². The number of hydrogen-bond acceptors (Lipinski definition) is 4. The zero-order chi connectivity index (χ0) is 12.1. The smallest absolute Gasteiger partial charge is 0.186 e. The molecule has 0 amide bonds. The van der Waals surface area contributed by atoms with Crippen LogP contribution < -0.4 is 5.32 Å². The summed E-state index contributed by atoms with van der Waals surface area (Å²) in [5.74, 6) is 0. The minimum absolute atomic E-state index is 0.0695. The van der Waals surface area contributed by atoms with Crippen molar-refractivity contribution in [2.45, 2.75) is 18.3 Å². The van der Waals surface area contributed by atoms with E-state index in [1.807, 2.05) is 18.2 Å². The van der Waals surface area contributed by atoms with Crippen LogP contribution in [-0.2, 0) is 9.53 Å². The Balaban J connectivity index is 2.15. The van der Waals surface area contributed by atoms with Crippen LogP contribution in [0.3, 0.4) is 0 Å². The molecule has 0 saturated carbocycles. The summed E-state index contributed by atoms with van der Waals surface area (Å²) >= 11 is 1.36. The van der Waals surface area contributed by atoms with Crippen LogP contribution in [0.1, 0.15) is 17.7 Å². The first-order chi connectivity index (χ1) is 8.27. The standard InChI is InChI=1S/C13H17NO2S/c1-10(15)17-13(11-5-3-2-4-6-11)12-9-14-7-8-16-12/h2-6,12-14H,7-9H2,1H3/t12-,13-/m0/s1. The van der Waals surface area contributed by atoms with Gasteiger partial charge >= 0.3 is 0 Å². The third-order valence-electron chi connectivity index (χ3n) is 2.71. The number of benzene rings is 1. The van der Waals surface area contributed by atoms with Crippen LogP contribution in [0.2, 0.25) is 0 Å². The van der Waals surface area contributed by atoms with E-state index >= 15 is 0 Å². The summed E-state index contributed by atoms with van der Waals surface area (Å²) in [4.78, 5) is 11.4. The number of morpholine rings is 1. The Morgan fingerprint density at radius 3 is 2.82 bits per heavy atom. The molecule has 1 aliphatic rings. The molecule has 92 valence electrons. The van der Waals surface area contributed by atoms with Gasteiger partial charge in [0.25, 0.3) is 0 Å². The molecule has 1 aliphatic heterocycles. The van der Waals surface area contributed by atoms with Crippen LogP contribution in [0.5, 0.6) is 0 Å². The summed E-state index contributed by atoms with van der Waals surface area (Å²) in [5, 5.41) is 3.53. The lowest BCUT2D eigenvalue weighted by atomic mass is 10.1. The monoisotopic (exact) mass is 251 g/mol. The highest BCUT2D eigenvalue weighted by Gasteiger charge is 2.27. The van der Waals surface area contributed by atoms with E-state index in [1.165, 1.54) is 11.8 Å². The summed E-state index contributed by atoms with van der Waals surface area (Å²) in [5.41, 5.74) is 1.15. The van der Waals surface area contributed by atoms with Crippen LogP contribution in [0, 0.1) is 0 Å². The van der Waals surface area contributed by atoms with Crippen molar-refractivity contribution < 1.29 is 9.53 Å². The molecule has 0 aromatic heterocycles. The Hall–Kier alpha value is -0.840. The summed E-state index contributed by atoms with van der Waals surface area (Å²) < 4.78 is 5.76. The predicted molar refractivity (Wildman–Crippen MR) is 70.1 cm³/mol. The van der Waals surface area contributed by atoms with Gasteiger partial charge in [0, 0.05) is 20.0 Å². The molecule has 1 aromatic rings. The van der Waals surface area contributed by atoms with E-state index in [9.17, 15) is 4.79 Å². The Bertz CT molecular complexity index is 363. The molecule has 1 heterocycles. The Morgan fingerprint density at radius 1 is 1.47 bits per heavy atom. The lowest BCUT2D eigenvalue weighted by Gasteiger charge is -2.30. The van der Waals surface area contributed by atoms with Crippen molar-refractivity contribution in [3.63, 3.8) is 0 Å². The number of ether oxygens (including phenoxy) is 1. The SMILES string of the molecule is CC(=O)S[C@@H](c1ccccc1)[C@@H]1CNCCO1. The van der Waals surface area contributed by atoms with Crippen LogP contribution in [-0.4, -0.2) is 30.9 Å². The van der Waals surface area contributed by atoms with Crippen LogP contribution in [0.4, 0.5) is 0 Å². The molecule has 3 nitrogen and oxygen atoms in total. The second-order valence-corrected chi connectivity index (χ2v) is 5.37. The highest BCUT2D eigenvalue weighted by Crippen LogP contribution is 2.34. The molecule has 1 saturated heterocycles. The summed E-state index contributed by atoms with van der Waals surface area (Å²) in [6, 6.07) is 10.1. The molecular formula is C13H17NO2S. The number of carbonyl (C=O) groups is 1. The Morgan fingerprint density at radius 2 is 2.24 bits per heavy atom. The van der Waals surface area contributed by atoms with Gasteiger partial charge in [-0.15, -0.1) is 0 Å². The van der Waals surface area contributed by atoms with E-state index in [-0.39, 0.29) is 16.5 Å². The molecule has 2 atom stereocenters. The van der Waals surface area contributed by atoms with Gasteiger partial charge in [0.15, 0.2) is 5.12 Å². The Labute approximate surface area is 106 Å². The van der Waals surface area contributed by atoms with Gasteiger partial charge in [-0.05, 0) is 5.56 Å². The number of thioether (sulfide) groups is 1. The maximum absolute atomic E-state index is 11.4. The maximum atomic E-state index is 11.4. The second kappa shape index (κ2) is 6.19. The second-order valence-electron chi connectivity index (χ2n) is 4.05. The molecule has 0 spiro atoms. The van der Waals surface area contributed by atoms with Gasteiger partial charge in [-0.3, -0.25) is 4.79 Å². The van der Waals surface area contributed by atoms with Gasteiger partial charge in [0.2, 0.25) is 0 Å². The van der Waals surface area contributed by atoms with Crippen molar-refractivity contribution in [1.29, 1.82) is 0 Å². The average molecular weight is 251 g/mol. The van der Waals surface area contributed by atoms with Crippen molar-refractivity contribution in [1.82, 2.24) is 5.32 Å². The minimum Gasteiger partial charge on any atom is -0.374 e. The maximum Gasteiger partial charge on any atom is 0.186 e. The van der Waals surface area contributed by atoms with Gasteiger partial charge in [-0.1, -0.05) is 42.1 Å². The average Bonchev–Trinajstić information content (AvgIpc) is 2.38. The minimum atomic E-state index is 0.0695. The molecule has 1 aromatic carbocycles. The fraction of sp³-hybridized carbons (Fsp3) is 0.462. The largest absolute Gasteiger partial charge is 0.374 e. The van der Waals surface area contributed by atoms with E-state index in [0.29, 0.717) is 6.61 Å². The van der Waals surface area contributed by atoms with Gasteiger partial charge in [-0.2, -0.15) is 0 Å². The normalized spacial score (nSPS) is 22.1. The first-order valence-corrected chi connectivity index (χ1v) is 6.70. The van der Waals surface area contributed by atoms with Crippen molar-refractivity contribution in [2.24, 2.45) is 0 Å². The molecule has 1 N–H and O–H groups in total. The lowest BCUT2D eigenvalue weighted by Crippen LogP contribution is -2.41. The van der Waals surface area contributed by atoms with Crippen LogP contribution >= 0.6 is 11.8 Å². The molecule has 0 radical (unpaired) electrons. The fourth-order valence-corrected chi connectivity index (χ4v) is 2.94. The first kappa shape index (κ1) is 12.6. The van der Waals surface area contributed by atoms with E-state index < -0.39 is 0 Å². The van der Waals surface area contributed by atoms with Crippen LogP contribution in [0.15, 0.2) is 30.3 Å². The zero-order valence-electron chi connectivity index (χ0n) is 9.89. The first-order valence-electron chi connectivity index (χ1n) is 5.82. The molecule has 4 heteroatoms. The van der Waals surface area contributed by atoms with Crippen molar-refractivity contribution in [2.75, 3.05) is 19.7 Å². The van der Waals surface area contributed by atoms with E-state index in [2.05, 4.69) is 17.4 Å². The molecule has 0 bridgehead atoms. The van der Waals surface area contributed by atoms with Gasteiger partial charge in [-0.25, -0.2) is 0 Å². The lowest BCUT2D eigenvalue weighted by molar-refractivity contribution is -0.109. The summed E-state index contributed by atoms with van der Waals surface area (Å²) in [7, 11) is 0. The molecular weight excluding hydrogens is 234 g/mol. The quantitative estimate of drug-likeness (QED) is 0.891. The fourth-order valence-electron chi connectivity index (χ4n) is 1.96. The van der Waals surface area contributed by atoms with E-state index in [1.54, 1.807) is 6.92 Å². The molecule has 0 unspecified atom stereocenters. The molecule has 17 heavy (non-hydrogen) atoms. The summed E-state index contributed by atoms with van der Waals surface area (Å²) in [6.45, 7) is 4.02. The van der Waals surface area contributed by atoms with Gasteiger partial charge in [0.05, 0.1) is 18.0 Å². The van der Waals surface area contributed by atoms with Crippen molar-refractivity contribution >= 4 is 16.9 Å². The molecule has 1 fully saturated rings. The Kier molecular flexibility index (Phi) is 4.59. The number of hydrogen-bond donors (Lipinski definition) is 1. The van der Waals surface area contributed by atoms with Crippen molar-refractivity contribution in [3.05, 3.63) is 35.9 Å². The third-order valence-corrected chi connectivity index (χ3v) is 3.88. The zero-order valence-corrected chi connectivity index (χ0v) is 10.7. The summed E-state index contributed by atoms with van der Waals surface area (Å²) in [6.07, 6.45) is 0.0695. The topological polar surface area (TPSA) is 38.3 Å². The highest BCUT2D eigenvalue weighted by atomic mass is 32.2. The predicted octanol–water partition coefficient (Wildman–Crippen LogP) is 2.00. The molecule has 0 aliphatic carbocycles. The number of nitrogens with one attached hydrogen (secondary N) is 1. The molecule has 2 rings (SSSR count). The third kappa shape index (κ3) is 3.56. The number of rotatable bonds is 3. The van der Waals surface area contributed by atoms with E-state index in [4.69, 9.17) is 4.74 Å². The highest BCUT2D eigenvalue weighted by molar-refractivity contribution is 8.13. The van der Waals surface area contributed by atoms with E-state index in [0.717, 1.165) is 18.7 Å².